The number of amides is 1. The van der Waals surface area contributed by atoms with Gasteiger partial charge in [-0.2, -0.15) is 5.10 Å². The van der Waals surface area contributed by atoms with Crippen molar-refractivity contribution in [1.29, 1.82) is 0 Å². The van der Waals surface area contributed by atoms with Crippen LogP contribution in [0.1, 0.15) is 47.4 Å². The van der Waals surface area contributed by atoms with E-state index in [4.69, 9.17) is 9.15 Å². The molecule has 3 aromatic rings. The Hall–Kier alpha value is -3.09. The zero-order chi connectivity index (χ0) is 21.1. The first-order chi connectivity index (χ1) is 14.5. The third-order valence-electron chi connectivity index (χ3n) is 5.60. The van der Waals surface area contributed by atoms with Gasteiger partial charge < -0.3 is 14.1 Å². The molecule has 3 heterocycles. The number of ether oxygens (including phenoxy) is 1. The minimum atomic E-state index is 0.0917. The zero-order valence-electron chi connectivity index (χ0n) is 17.8. The molecule has 0 unspecified atom stereocenters. The molecule has 2 aromatic heterocycles. The van der Waals surface area contributed by atoms with Gasteiger partial charge in [0.15, 0.2) is 5.89 Å². The molecule has 1 aliphatic rings. The van der Waals surface area contributed by atoms with Gasteiger partial charge in [0.25, 0.3) is 0 Å². The highest BCUT2D eigenvalue weighted by Crippen LogP contribution is 2.28. The van der Waals surface area contributed by atoms with Crippen LogP contribution in [0.4, 0.5) is 0 Å². The van der Waals surface area contributed by atoms with Gasteiger partial charge in [-0.05, 0) is 50.5 Å². The average molecular weight is 409 g/mol. The van der Waals surface area contributed by atoms with Crippen LogP contribution in [0.15, 0.2) is 40.9 Å². The third-order valence-corrected chi connectivity index (χ3v) is 5.60. The fourth-order valence-electron chi connectivity index (χ4n) is 4.05. The van der Waals surface area contributed by atoms with Crippen LogP contribution in [0.25, 0.3) is 0 Å². The number of hydrogen-bond acceptors (Lipinski definition) is 5. The van der Waals surface area contributed by atoms with E-state index < -0.39 is 0 Å². The molecule has 1 amide bonds. The van der Waals surface area contributed by atoms with Crippen molar-refractivity contribution in [1.82, 2.24) is 19.7 Å². The van der Waals surface area contributed by atoms with Gasteiger partial charge in [0.05, 0.1) is 24.9 Å². The van der Waals surface area contributed by atoms with Crippen LogP contribution in [0.2, 0.25) is 0 Å². The summed E-state index contributed by atoms with van der Waals surface area (Å²) in [4.78, 5) is 19.2. The van der Waals surface area contributed by atoms with Crippen molar-refractivity contribution in [3.05, 3.63) is 65.1 Å². The summed E-state index contributed by atoms with van der Waals surface area (Å²) in [5.41, 5.74) is 3.05. The first-order valence-electron chi connectivity index (χ1n) is 10.4. The smallest absolute Gasteiger partial charge is 0.244 e. The lowest BCUT2D eigenvalue weighted by molar-refractivity contribution is -0.133. The molecule has 158 valence electrons. The van der Waals surface area contributed by atoms with Gasteiger partial charge in [-0.3, -0.25) is 9.48 Å². The molecule has 0 spiro atoms. The Kier molecular flexibility index (Phi) is 5.88. The van der Waals surface area contributed by atoms with Gasteiger partial charge in [0.1, 0.15) is 18.1 Å². The van der Waals surface area contributed by atoms with Gasteiger partial charge in [-0.25, -0.2) is 4.98 Å². The number of likely N-dealkylation sites (tertiary alicyclic amines) is 1. The summed E-state index contributed by atoms with van der Waals surface area (Å²) in [6, 6.07) is 9.93. The SMILES string of the molecule is COc1cccc(Cc2cnc([C@@H]3CCCN(C(=O)Cn4nc(C)cc4C)C3)o2)c1. The Morgan fingerprint density at radius 3 is 2.93 bits per heavy atom. The number of hydrogen-bond donors (Lipinski definition) is 0. The fourth-order valence-corrected chi connectivity index (χ4v) is 4.05. The van der Waals surface area contributed by atoms with Crippen LogP contribution in [-0.2, 0) is 17.8 Å². The van der Waals surface area contributed by atoms with E-state index in [1.165, 1.54) is 0 Å². The number of aromatic nitrogens is 3. The second-order valence-corrected chi connectivity index (χ2v) is 7.96. The van der Waals surface area contributed by atoms with Crippen LogP contribution in [0.3, 0.4) is 0 Å². The number of benzene rings is 1. The lowest BCUT2D eigenvalue weighted by Crippen LogP contribution is -2.41. The highest BCUT2D eigenvalue weighted by Gasteiger charge is 2.28. The van der Waals surface area contributed by atoms with Crippen LogP contribution in [-0.4, -0.2) is 45.8 Å². The number of oxazole rings is 1. The molecule has 0 bridgehead atoms. The van der Waals surface area contributed by atoms with Crippen molar-refractivity contribution in [2.24, 2.45) is 0 Å². The van der Waals surface area contributed by atoms with Crippen molar-refractivity contribution in [2.75, 3.05) is 20.2 Å². The maximum atomic E-state index is 12.8. The molecule has 0 saturated carbocycles. The van der Waals surface area contributed by atoms with Crippen molar-refractivity contribution in [3.63, 3.8) is 0 Å². The van der Waals surface area contributed by atoms with E-state index in [2.05, 4.69) is 10.1 Å². The van der Waals surface area contributed by atoms with Gasteiger partial charge in [0, 0.05) is 25.2 Å². The summed E-state index contributed by atoms with van der Waals surface area (Å²) < 4.78 is 13.1. The van der Waals surface area contributed by atoms with Crippen molar-refractivity contribution < 1.29 is 13.9 Å². The van der Waals surface area contributed by atoms with Crippen molar-refractivity contribution in [3.8, 4) is 5.75 Å². The van der Waals surface area contributed by atoms with Crippen molar-refractivity contribution >= 4 is 5.91 Å². The fraction of sp³-hybridized carbons (Fsp3) is 0.435. The Morgan fingerprint density at radius 2 is 2.17 bits per heavy atom. The van der Waals surface area contributed by atoms with Gasteiger partial charge >= 0.3 is 0 Å². The van der Waals surface area contributed by atoms with E-state index in [0.717, 1.165) is 53.7 Å². The molecule has 1 aromatic carbocycles. The summed E-state index contributed by atoms with van der Waals surface area (Å²) in [7, 11) is 1.66. The lowest BCUT2D eigenvalue weighted by atomic mass is 9.98. The van der Waals surface area contributed by atoms with Crippen LogP contribution in [0.5, 0.6) is 5.75 Å². The molecule has 0 N–H and O–H groups in total. The van der Waals surface area contributed by atoms with E-state index in [1.807, 2.05) is 49.1 Å². The van der Waals surface area contributed by atoms with Crippen LogP contribution in [0, 0.1) is 13.8 Å². The van der Waals surface area contributed by atoms with E-state index in [1.54, 1.807) is 18.0 Å². The van der Waals surface area contributed by atoms with E-state index in [9.17, 15) is 4.79 Å². The highest BCUT2D eigenvalue weighted by atomic mass is 16.5. The summed E-state index contributed by atoms with van der Waals surface area (Å²) >= 11 is 0. The Labute approximate surface area is 176 Å². The molecule has 7 nitrogen and oxygen atoms in total. The third kappa shape index (κ3) is 4.56. The normalized spacial score (nSPS) is 16.6. The molecule has 0 aliphatic carbocycles. The number of rotatable bonds is 6. The average Bonchev–Trinajstić information content (AvgIpc) is 3.34. The quantitative estimate of drug-likeness (QED) is 0.624. The summed E-state index contributed by atoms with van der Waals surface area (Å²) in [6.07, 6.45) is 4.38. The summed E-state index contributed by atoms with van der Waals surface area (Å²) in [6.45, 7) is 5.60. The molecule has 4 rings (SSSR count). The molecule has 1 aliphatic heterocycles. The molecule has 1 saturated heterocycles. The van der Waals surface area contributed by atoms with Gasteiger partial charge in [0.2, 0.25) is 5.91 Å². The zero-order valence-corrected chi connectivity index (χ0v) is 17.8. The standard InChI is InChI=1S/C23H28N4O3/c1-16-10-17(2)27(25-16)15-22(28)26-9-5-7-19(14-26)23-24-13-21(30-23)12-18-6-4-8-20(11-18)29-3/h4,6,8,10-11,13,19H,5,7,9,12,14-15H2,1-3H3/t19-/m1/s1. The molecule has 1 fully saturated rings. The molecular formula is C23H28N4O3. The van der Waals surface area contributed by atoms with E-state index in [0.29, 0.717) is 13.0 Å². The van der Waals surface area contributed by atoms with Gasteiger partial charge in [-0.15, -0.1) is 0 Å². The minimum absolute atomic E-state index is 0.0917. The number of aryl methyl sites for hydroxylation is 2. The topological polar surface area (TPSA) is 73.4 Å². The first kappa shape index (κ1) is 20.2. The lowest BCUT2D eigenvalue weighted by Gasteiger charge is -2.31. The largest absolute Gasteiger partial charge is 0.497 e. The predicted octanol–water partition coefficient (Wildman–Crippen LogP) is 3.49. The highest BCUT2D eigenvalue weighted by molar-refractivity contribution is 5.76. The van der Waals surface area contributed by atoms with Crippen LogP contribution < -0.4 is 4.74 Å². The minimum Gasteiger partial charge on any atom is -0.497 e. The number of nitrogens with zero attached hydrogens (tertiary/aromatic N) is 4. The maximum absolute atomic E-state index is 12.8. The second-order valence-electron chi connectivity index (χ2n) is 7.96. The van der Waals surface area contributed by atoms with E-state index >= 15 is 0 Å². The van der Waals surface area contributed by atoms with E-state index in [-0.39, 0.29) is 18.4 Å². The first-order valence-corrected chi connectivity index (χ1v) is 10.4. The summed E-state index contributed by atoms with van der Waals surface area (Å²) in [5.74, 6) is 2.59. The molecule has 1 atom stereocenters. The number of carbonyl (C=O) groups is 1. The second kappa shape index (κ2) is 8.73. The number of piperidine rings is 1. The van der Waals surface area contributed by atoms with Gasteiger partial charge in [-0.1, -0.05) is 12.1 Å². The number of methoxy groups -OCH3 is 1. The molecule has 30 heavy (non-hydrogen) atoms. The predicted molar refractivity (Wildman–Crippen MR) is 113 cm³/mol. The summed E-state index contributed by atoms with van der Waals surface area (Å²) in [5, 5.41) is 4.41. The molecule has 7 heteroatoms. The number of carbonyl (C=O) groups excluding carboxylic acids is 1. The van der Waals surface area contributed by atoms with Crippen molar-refractivity contribution in [2.45, 2.75) is 45.6 Å². The molecule has 0 radical (unpaired) electrons. The Bertz CT molecular complexity index is 1020. The Morgan fingerprint density at radius 1 is 1.30 bits per heavy atom. The monoisotopic (exact) mass is 408 g/mol. The molecular weight excluding hydrogens is 380 g/mol. The Balaban J connectivity index is 1.39. The van der Waals surface area contributed by atoms with Crippen LogP contribution >= 0.6 is 0 Å². The maximum Gasteiger partial charge on any atom is 0.244 e.